The Kier molecular flexibility index (Phi) is 3.39. The van der Waals surface area contributed by atoms with Crippen LogP contribution in [0.25, 0.3) is 0 Å². The van der Waals surface area contributed by atoms with Gasteiger partial charge in [-0.25, -0.2) is 4.79 Å². The molecular weight excluding hydrogens is 194 g/mol. The van der Waals surface area contributed by atoms with Crippen LogP contribution in [0, 0.1) is 0 Å². The topological polar surface area (TPSA) is 49.8 Å². The Balaban J connectivity index is 2.63. The molecule has 86 valence electrons. The Bertz CT molecular complexity index is 257. The largest absolute Gasteiger partial charge is 0.444 e. The van der Waals surface area contributed by atoms with Crippen LogP contribution in [0.2, 0.25) is 0 Å². The third-order valence-electron chi connectivity index (χ3n) is 2.22. The number of rotatable bonds is 1. The number of aliphatic hydroxyl groups excluding tert-OH is 1. The van der Waals surface area contributed by atoms with Crippen LogP contribution in [-0.2, 0) is 4.74 Å². The minimum Gasteiger partial charge on any atom is -0.444 e. The minimum absolute atomic E-state index is 0.116. The highest BCUT2D eigenvalue weighted by atomic mass is 16.6. The molecule has 0 radical (unpaired) electrons. The lowest BCUT2D eigenvalue weighted by atomic mass is 10.2. The molecule has 0 aromatic rings. The summed E-state index contributed by atoms with van der Waals surface area (Å²) in [5.41, 5.74) is -0.504. The average Bonchev–Trinajstić information content (AvgIpc) is 2.43. The fraction of sp³-hybridized carbons (Fsp3) is 0.727. The van der Waals surface area contributed by atoms with E-state index in [1.807, 2.05) is 20.8 Å². The number of ether oxygens (including phenoxy) is 1. The summed E-state index contributed by atoms with van der Waals surface area (Å²) in [5, 5.41) is 9.45. The first-order valence-electron chi connectivity index (χ1n) is 5.13. The van der Waals surface area contributed by atoms with E-state index in [1.165, 1.54) is 4.90 Å². The van der Waals surface area contributed by atoms with Gasteiger partial charge in [-0.15, -0.1) is 6.58 Å². The maximum atomic E-state index is 11.7. The third-order valence-corrected chi connectivity index (χ3v) is 2.22. The summed E-state index contributed by atoms with van der Waals surface area (Å²) in [6.07, 6.45) is 1.35. The van der Waals surface area contributed by atoms with E-state index in [9.17, 15) is 9.90 Å². The highest BCUT2D eigenvalue weighted by molar-refractivity contribution is 5.69. The van der Waals surface area contributed by atoms with Crippen LogP contribution < -0.4 is 0 Å². The number of carbonyl (C=O) groups is 1. The second-order valence-electron chi connectivity index (χ2n) is 4.83. The molecule has 1 aliphatic heterocycles. The number of carbonyl (C=O) groups excluding carboxylic acids is 1. The molecule has 1 saturated heterocycles. The van der Waals surface area contributed by atoms with Gasteiger partial charge in [0.05, 0.1) is 18.7 Å². The highest BCUT2D eigenvalue weighted by Gasteiger charge is 2.34. The summed E-state index contributed by atoms with van der Waals surface area (Å²) in [6.45, 7) is 9.43. The number of hydrogen-bond acceptors (Lipinski definition) is 3. The van der Waals surface area contributed by atoms with Crippen molar-refractivity contribution >= 4 is 6.09 Å². The Morgan fingerprint density at radius 2 is 2.20 bits per heavy atom. The Morgan fingerprint density at radius 1 is 1.60 bits per heavy atom. The normalized spacial score (nSPS) is 26.5. The zero-order chi connectivity index (χ0) is 11.6. The van der Waals surface area contributed by atoms with Crippen LogP contribution in [-0.4, -0.2) is 40.4 Å². The molecule has 1 rings (SSSR count). The van der Waals surface area contributed by atoms with Crippen LogP contribution in [0.1, 0.15) is 27.2 Å². The molecule has 0 aromatic carbocycles. The second kappa shape index (κ2) is 4.23. The van der Waals surface area contributed by atoms with Crippen molar-refractivity contribution < 1.29 is 14.6 Å². The quantitative estimate of drug-likeness (QED) is 0.672. The van der Waals surface area contributed by atoms with Crippen molar-refractivity contribution in [2.75, 3.05) is 6.54 Å². The van der Waals surface area contributed by atoms with Gasteiger partial charge in [0.2, 0.25) is 0 Å². The monoisotopic (exact) mass is 213 g/mol. The summed E-state index contributed by atoms with van der Waals surface area (Å²) in [5.74, 6) is 0. The molecule has 2 atom stereocenters. The summed E-state index contributed by atoms with van der Waals surface area (Å²) in [7, 11) is 0. The van der Waals surface area contributed by atoms with Crippen LogP contribution in [0.3, 0.4) is 0 Å². The van der Waals surface area contributed by atoms with Crippen molar-refractivity contribution in [2.45, 2.75) is 44.9 Å². The van der Waals surface area contributed by atoms with Crippen molar-refractivity contribution in [2.24, 2.45) is 0 Å². The lowest BCUT2D eigenvalue weighted by Gasteiger charge is -2.27. The average molecular weight is 213 g/mol. The number of β-amino-alcohol motifs (C(OH)–C–C–N with tert-alkyl or cyclic N) is 1. The SMILES string of the molecule is C=C[C@@H]1C[C@@H](O)CN1C(=O)OC(C)(C)C. The smallest absolute Gasteiger partial charge is 0.410 e. The third kappa shape index (κ3) is 3.23. The van der Waals surface area contributed by atoms with E-state index in [4.69, 9.17) is 4.74 Å². The molecule has 1 fully saturated rings. The molecule has 1 heterocycles. The van der Waals surface area contributed by atoms with Gasteiger partial charge in [0.1, 0.15) is 5.60 Å². The standard InChI is InChI=1S/C11H19NO3/c1-5-8-6-9(13)7-12(8)10(14)15-11(2,3)4/h5,8-9,13H,1,6-7H2,2-4H3/t8-,9-/m1/s1. The van der Waals surface area contributed by atoms with E-state index < -0.39 is 11.7 Å². The molecule has 0 unspecified atom stereocenters. The maximum absolute atomic E-state index is 11.7. The Labute approximate surface area is 90.5 Å². The van der Waals surface area contributed by atoms with Crippen LogP contribution in [0.4, 0.5) is 4.79 Å². The predicted octanol–water partition coefficient (Wildman–Crippen LogP) is 1.54. The summed E-state index contributed by atoms with van der Waals surface area (Å²) >= 11 is 0. The van der Waals surface area contributed by atoms with Gasteiger partial charge in [-0.1, -0.05) is 6.08 Å². The zero-order valence-electron chi connectivity index (χ0n) is 9.56. The van der Waals surface area contributed by atoms with E-state index in [0.29, 0.717) is 13.0 Å². The van der Waals surface area contributed by atoms with Crippen molar-refractivity contribution in [3.05, 3.63) is 12.7 Å². The molecule has 4 heteroatoms. The molecule has 15 heavy (non-hydrogen) atoms. The van der Waals surface area contributed by atoms with Gasteiger partial charge in [0.25, 0.3) is 0 Å². The van der Waals surface area contributed by atoms with E-state index in [0.717, 1.165) is 0 Å². The van der Waals surface area contributed by atoms with Crippen LogP contribution in [0.5, 0.6) is 0 Å². The molecule has 0 saturated carbocycles. The van der Waals surface area contributed by atoms with Gasteiger partial charge >= 0.3 is 6.09 Å². The molecule has 1 N–H and O–H groups in total. The summed E-state index contributed by atoms with van der Waals surface area (Å²) in [6, 6.07) is -0.116. The molecule has 0 aliphatic carbocycles. The van der Waals surface area contributed by atoms with Gasteiger partial charge in [-0.3, -0.25) is 4.90 Å². The van der Waals surface area contributed by atoms with Crippen molar-refractivity contribution in [3.63, 3.8) is 0 Å². The Morgan fingerprint density at radius 3 is 2.67 bits per heavy atom. The molecule has 0 bridgehead atoms. The van der Waals surface area contributed by atoms with E-state index in [1.54, 1.807) is 6.08 Å². The minimum atomic E-state index is -0.504. The van der Waals surface area contributed by atoms with Gasteiger partial charge < -0.3 is 9.84 Å². The lowest BCUT2D eigenvalue weighted by Crippen LogP contribution is -2.39. The molecule has 4 nitrogen and oxygen atoms in total. The number of likely N-dealkylation sites (tertiary alicyclic amines) is 1. The fourth-order valence-corrected chi connectivity index (χ4v) is 1.60. The van der Waals surface area contributed by atoms with Gasteiger partial charge in [-0.05, 0) is 27.2 Å². The van der Waals surface area contributed by atoms with Gasteiger partial charge in [0.15, 0.2) is 0 Å². The Hall–Kier alpha value is -1.03. The number of amides is 1. The van der Waals surface area contributed by atoms with E-state index in [-0.39, 0.29) is 12.1 Å². The number of hydrogen-bond donors (Lipinski definition) is 1. The first-order chi connectivity index (χ1) is 6.83. The zero-order valence-corrected chi connectivity index (χ0v) is 9.56. The molecule has 1 aliphatic rings. The van der Waals surface area contributed by atoms with Crippen molar-refractivity contribution in [3.8, 4) is 0 Å². The fourth-order valence-electron chi connectivity index (χ4n) is 1.60. The molecule has 1 amide bonds. The second-order valence-corrected chi connectivity index (χ2v) is 4.83. The summed E-state index contributed by atoms with van der Waals surface area (Å²) < 4.78 is 5.23. The van der Waals surface area contributed by atoms with Crippen molar-refractivity contribution in [1.29, 1.82) is 0 Å². The lowest BCUT2D eigenvalue weighted by molar-refractivity contribution is 0.0235. The first kappa shape index (κ1) is 12.0. The predicted molar refractivity (Wildman–Crippen MR) is 57.5 cm³/mol. The van der Waals surface area contributed by atoms with Crippen LogP contribution >= 0.6 is 0 Å². The number of nitrogens with zero attached hydrogens (tertiary/aromatic N) is 1. The van der Waals surface area contributed by atoms with Crippen LogP contribution in [0.15, 0.2) is 12.7 Å². The molecular formula is C11H19NO3. The summed E-state index contributed by atoms with van der Waals surface area (Å²) in [4.78, 5) is 13.2. The molecule has 0 aromatic heterocycles. The molecule has 0 spiro atoms. The van der Waals surface area contributed by atoms with E-state index in [2.05, 4.69) is 6.58 Å². The highest BCUT2D eigenvalue weighted by Crippen LogP contribution is 2.21. The first-order valence-corrected chi connectivity index (χ1v) is 5.13. The van der Waals surface area contributed by atoms with Gasteiger partial charge in [-0.2, -0.15) is 0 Å². The maximum Gasteiger partial charge on any atom is 0.410 e. The van der Waals surface area contributed by atoms with E-state index >= 15 is 0 Å². The number of aliphatic hydroxyl groups is 1. The van der Waals surface area contributed by atoms with Crippen molar-refractivity contribution in [1.82, 2.24) is 4.90 Å². The van der Waals surface area contributed by atoms with Gasteiger partial charge in [0, 0.05) is 0 Å².